The number of allylic oxidation sites excluding steroid dienone is 2. The van der Waals surface area contributed by atoms with Crippen molar-refractivity contribution in [1.82, 2.24) is 0 Å². The van der Waals surface area contributed by atoms with Gasteiger partial charge in [0.15, 0.2) is 0 Å². The molecule has 0 amide bonds. The van der Waals surface area contributed by atoms with Gasteiger partial charge in [0, 0.05) is 0 Å². The van der Waals surface area contributed by atoms with E-state index in [1.807, 2.05) is 6.92 Å². The van der Waals surface area contributed by atoms with Crippen molar-refractivity contribution in [2.75, 3.05) is 0 Å². The SMILES string of the molecule is CC(C)/C=C/CCC[C@H](C)O. The Bertz CT molecular complexity index is 103. The monoisotopic (exact) mass is 156 g/mol. The molecule has 0 aromatic rings. The maximum absolute atomic E-state index is 8.94. The van der Waals surface area contributed by atoms with Crippen molar-refractivity contribution < 1.29 is 5.11 Å². The second-order valence-electron chi connectivity index (χ2n) is 3.45. The molecule has 1 nitrogen and oxygen atoms in total. The molecule has 0 saturated carbocycles. The zero-order valence-electron chi connectivity index (χ0n) is 7.88. The molecule has 11 heavy (non-hydrogen) atoms. The minimum absolute atomic E-state index is 0.137. The quantitative estimate of drug-likeness (QED) is 0.479. The third-order valence-corrected chi connectivity index (χ3v) is 1.51. The van der Waals surface area contributed by atoms with E-state index in [0.717, 1.165) is 19.3 Å². The Morgan fingerprint density at radius 1 is 1.27 bits per heavy atom. The summed E-state index contributed by atoms with van der Waals surface area (Å²) in [6, 6.07) is 0. The maximum atomic E-state index is 8.94. The van der Waals surface area contributed by atoms with Crippen molar-refractivity contribution in [2.24, 2.45) is 5.92 Å². The van der Waals surface area contributed by atoms with Crippen LogP contribution in [0.5, 0.6) is 0 Å². The molecule has 0 heterocycles. The fourth-order valence-electron chi connectivity index (χ4n) is 0.900. The van der Waals surface area contributed by atoms with E-state index in [1.165, 1.54) is 0 Å². The molecule has 0 aromatic heterocycles. The van der Waals surface area contributed by atoms with Crippen molar-refractivity contribution >= 4 is 0 Å². The first-order valence-corrected chi connectivity index (χ1v) is 4.47. The van der Waals surface area contributed by atoms with Crippen LogP contribution in [0.2, 0.25) is 0 Å². The van der Waals surface area contributed by atoms with Crippen LogP contribution in [0.1, 0.15) is 40.0 Å². The molecular weight excluding hydrogens is 136 g/mol. The predicted octanol–water partition coefficient (Wildman–Crippen LogP) is 2.75. The first kappa shape index (κ1) is 10.7. The van der Waals surface area contributed by atoms with Gasteiger partial charge in [0.2, 0.25) is 0 Å². The van der Waals surface area contributed by atoms with E-state index in [2.05, 4.69) is 26.0 Å². The highest BCUT2D eigenvalue weighted by Crippen LogP contribution is 2.02. The summed E-state index contributed by atoms with van der Waals surface area (Å²) in [5, 5.41) is 8.94. The Morgan fingerprint density at radius 2 is 1.91 bits per heavy atom. The number of aliphatic hydroxyl groups is 1. The lowest BCUT2D eigenvalue weighted by Gasteiger charge is -2.00. The second kappa shape index (κ2) is 6.41. The summed E-state index contributed by atoms with van der Waals surface area (Å²) in [6.45, 7) is 6.18. The lowest BCUT2D eigenvalue weighted by molar-refractivity contribution is 0.182. The normalized spacial score (nSPS) is 14.6. The summed E-state index contributed by atoms with van der Waals surface area (Å²) in [5.41, 5.74) is 0. The molecule has 1 atom stereocenters. The van der Waals surface area contributed by atoms with Crippen molar-refractivity contribution in [3.05, 3.63) is 12.2 Å². The summed E-state index contributed by atoms with van der Waals surface area (Å²) >= 11 is 0. The lowest BCUT2D eigenvalue weighted by Crippen LogP contribution is -1.97. The van der Waals surface area contributed by atoms with Gasteiger partial charge in [-0.2, -0.15) is 0 Å². The molecule has 0 saturated heterocycles. The molecule has 0 radical (unpaired) electrons. The zero-order valence-corrected chi connectivity index (χ0v) is 7.88. The summed E-state index contributed by atoms with van der Waals surface area (Å²) in [5.74, 6) is 0.654. The Kier molecular flexibility index (Phi) is 6.24. The van der Waals surface area contributed by atoms with E-state index in [1.54, 1.807) is 0 Å². The number of unbranched alkanes of at least 4 members (excludes halogenated alkanes) is 1. The molecule has 0 spiro atoms. The van der Waals surface area contributed by atoms with Crippen molar-refractivity contribution in [2.45, 2.75) is 46.1 Å². The van der Waals surface area contributed by atoms with E-state index in [-0.39, 0.29) is 6.10 Å². The average molecular weight is 156 g/mol. The summed E-state index contributed by atoms with van der Waals surface area (Å²) in [6.07, 6.45) is 7.39. The number of rotatable bonds is 5. The van der Waals surface area contributed by atoms with Crippen molar-refractivity contribution in [1.29, 1.82) is 0 Å². The van der Waals surface area contributed by atoms with Crippen LogP contribution >= 0.6 is 0 Å². The van der Waals surface area contributed by atoms with Crippen molar-refractivity contribution in [3.8, 4) is 0 Å². The van der Waals surface area contributed by atoms with Gasteiger partial charge in [-0.3, -0.25) is 0 Å². The standard InChI is InChI=1S/C10H20O/c1-9(2)7-5-4-6-8-10(3)11/h5,7,9-11H,4,6,8H2,1-3H3/b7-5+/t10-/m0/s1. The fourth-order valence-corrected chi connectivity index (χ4v) is 0.900. The molecule has 0 aliphatic rings. The predicted molar refractivity (Wildman–Crippen MR) is 49.5 cm³/mol. The van der Waals surface area contributed by atoms with E-state index < -0.39 is 0 Å². The van der Waals surface area contributed by atoms with E-state index >= 15 is 0 Å². The number of aliphatic hydroxyl groups excluding tert-OH is 1. The minimum atomic E-state index is -0.137. The topological polar surface area (TPSA) is 20.2 Å². The molecule has 0 aliphatic carbocycles. The van der Waals surface area contributed by atoms with Gasteiger partial charge in [0.05, 0.1) is 6.10 Å². The largest absolute Gasteiger partial charge is 0.393 e. The Balaban J connectivity index is 3.14. The Hall–Kier alpha value is -0.300. The zero-order chi connectivity index (χ0) is 8.69. The molecule has 66 valence electrons. The molecule has 0 fully saturated rings. The van der Waals surface area contributed by atoms with Crippen LogP contribution in [-0.4, -0.2) is 11.2 Å². The number of hydrogen-bond acceptors (Lipinski definition) is 1. The molecule has 0 bridgehead atoms. The Morgan fingerprint density at radius 3 is 2.36 bits per heavy atom. The van der Waals surface area contributed by atoms with Gasteiger partial charge in [-0.15, -0.1) is 0 Å². The van der Waals surface area contributed by atoms with Gasteiger partial charge in [-0.1, -0.05) is 26.0 Å². The van der Waals surface area contributed by atoms with Crippen LogP contribution in [0.25, 0.3) is 0 Å². The molecule has 0 aliphatic heterocycles. The maximum Gasteiger partial charge on any atom is 0.0512 e. The van der Waals surface area contributed by atoms with E-state index in [9.17, 15) is 0 Å². The number of hydrogen-bond donors (Lipinski definition) is 1. The van der Waals surface area contributed by atoms with Gasteiger partial charge in [0.25, 0.3) is 0 Å². The van der Waals surface area contributed by atoms with Gasteiger partial charge < -0.3 is 5.11 Å². The highest BCUT2D eigenvalue weighted by atomic mass is 16.3. The summed E-state index contributed by atoms with van der Waals surface area (Å²) in [4.78, 5) is 0. The first-order valence-electron chi connectivity index (χ1n) is 4.47. The average Bonchev–Trinajstić information content (AvgIpc) is 1.85. The first-order chi connectivity index (χ1) is 5.13. The molecule has 1 heteroatoms. The van der Waals surface area contributed by atoms with Crippen LogP contribution in [-0.2, 0) is 0 Å². The fraction of sp³-hybridized carbons (Fsp3) is 0.800. The lowest BCUT2D eigenvalue weighted by atomic mass is 10.1. The molecule has 0 aromatic carbocycles. The van der Waals surface area contributed by atoms with Gasteiger partial charge in [0.1, 0.15) is 0 Å². The third-order valence-electron chi connectivity index (χ3n) is 1.51. The summed E-state index contributed by atoms with van der Waals surface area (Å²) < 4.78 is 0. The van der Waals surface area contributed by atoms with E-state index in [0.29, 0.717) is 5.92 Å². The minimum Gasteiger partial charge on any atom is -0.393 e. The molecule has 0 unspecified atom stereocenters. The highest BCUT2D eigenvalue weighted by Gasteiger charge is 1.92. The third kappa shape index (κ3) is 9.70. The van der Waals surface area contributed by atoms with Crippen LogP contribution in [0.4, 0.5) is 0 Å². The molecule has 1 N–H and O–H groups in total. The van der Waals surface area contributed by atoms with Gasteiger partial charge >= 0.3 is 0 Å². The van der Waals surface area contributed by atoms with Crippen LogP contribution in [0, 0.1) is 5.92 Å². The van der Waals surface area contributed by atoms with Crippen molar-refractivity contribution in [3.63, 3.8) is 0 Å². The Labute approximate surface area is 70.1 Å². The second-order valence-corrected chi connectivity index (χ2v) is 3.45. The van der Waals surface area contributed by atoms with Crippen LogP contribution in [0.3, 0.4) is 0 Å². The van der Waals surface area contributed by atoms with Gasteiger partial charge in [-0.05, 0) is 32.1 Å². The highest BCUT2D eigenvalue weighted by molar-refractivity contribution is 4.84. The summed E-state index contributed by atoms with van der Waals surface area (Å²) in [7, 11) is 0. The smallest absolute Gasteiger partial charge is 0.0512 e. The van der Waals surface area contributed by atoms with Crippen LogP contribution in [0.15, 0.2) is 12.2 Å². The molecular formula is C10H20O. The molecule has 0 rings (SSSR count). The van der Waals surface area contributed by atoms with Crippen LogP contribution < -0.4 is 0 Å². The van der Waals surface area contributed by atoms with Gasteiger partial charge in [-0.25, -0.2) is 0 Å². The van der Waals surface area contributed by atoms with E-state index in [4.69, 9.17) is 5.11 Å².